The number of benzene rings is 2. The number of carbonyl (C=O) groups is 3. The zero-order valence-corrected chi connectivity index (χ0v) is 15.0. The van der Waals surface area contributed by atoms with Crippen LogP contribution in [0.25, 0.3) is 0 Å². The van der Waals surface area contributed by atoms with E-state index in [0.717, 1.165) is 17.0 Å². The number of carboxylic acid groups (broad SMARTS) is 1. The number of carbonyl (C=O) groups excluding carboxylic acids is 2. The lowest BCUT2D eigenvalue weighted by Gasteiger charge is -2.32. The number of nitrogens with zero attached hydrogens (tertiary/aromatic N) is 1. The van der Waals surface area contributed by atoms with Crippen molar-refractivity contribution in [3.05, 3.63) is 53.6 Å². The molecule has 0 bridgehead atoms. The first-order chi connectivity index (χ1) is 13.6. The molecule has 1 aliphatic heterocycles. The highest BCUT2D eigenvalue weighted by Crippen LogP contribution is 2.36. The van der Waals surface area contributed by atoms with Crippen LogP contribution in [0.3, 0.4) is 0 Å². The molecule has 0 aliphatic carbocycles. The van der Waals surface area contributed by atoms with Crippen molar-refractivity contribution in [3.63, 3.8) is 0 Å². The van der Waals surface area contributed by atoms with Crippen LogP contribution in [0, 0.1) is 0 Å². The summed E-state index contributed by atoms with van der Waals surface area (Å²) in [5.74, 6) is -2.57. The number of para-hydroxylation sites is 1. The first-order valence-corrected chi connectivity index (χ1v) is 8.39. The number of aromatic carboxylic acids is 1. The molecule has 7 nitrogen and oxygen atoms in total. The van der Waals surface area contributed by atoms with Crippen LogP contribution in [0.5, 0.6) is 5.75 Å². The number of rotatable bonds is 4. The summed E-state index contributed by atoms with van der Waals surface area (Å²) in [5, 5.41) is 11.3. The molecule has 1 unspecified atom stereocenters. The van der Waals surface area contributed by atoms with Crippen molar-refractivity contribution in [2.24, 2.45) is 0 Å². The third-order valence-corrected chi connectivity index (χ3v) is 4.22. The van der Waals surface area contributed by atoms with Gasteiger partial charge >= 0.3 is 12.1 Å². The van der Waals surface area contributed by atoms with Gasteiger partial charge in [0, 0.05) is 0 Å². The second-order valence-electron chi connectivity index (χ2n) is 6.26. The molecule has 2 N–H and O–H groups in total. The zero-order chi connectivity index (χ0) is 21.3. The van der Waals surface area contributed by atoms with Crippen LogP contribution in [0.4, 0.5) is 24.5 Å². The van der Waals surface area contributed by atoms with Crippen molar-refractivity contribution >= 4 is 29.2 Å². The first-order valence-electron chi connectivity index (χ1n) is 8.39. The Morgan fingerprint density at radius 3 is 2.55 bits per heavy atom. The molecule has 0 saturated heterocycles. The molecule has 1 heterocycles. The van der Waals surface area contributed by atoms with E-state index in [4.69, 9.17) is 9.84 Å². The van der Waals surface area contributed by atoms with Gasteiger partial charge in [-0.25, -0.2) is 4.79 Å². The summed E-state index contributed by atoms with van der Waals surface area (Å²) in [5.41, 5.74) is -1.56. The number of nitrogens with one attached hydrogen (secondary N) is 1. The summed E-state index contributed by atoms with van der Waals surface area (Å²) >= 11 is 0. The molecule has 0 aromatic heterocycles. The van der Waals surface area contributed by atoms with Crippen LogP contribution in [0.1, 0.15) is 22.8 Å². The Bertz CT molecular complexity index is 990. The van der Waals surface area contributed by atoms with Crippen molar-refractivity contribution in [2.45, 2.75) is 19.2 Å². The summed E-state index contributed by atoms with van der Waals surface area (Å²) in [6.45, 7) is 0.828. The van der Waals surface area contributed by atoms with Gasteiger partial charge in [0.25, 0.3) is 5.91 Å². The van der Waals surface area contributed by atoms with Crippen molar-refractivity contribution in [1.82, 2.24) is 0 Å². The minimum absolute atomic E-state index is 0.0484. The van der Waals surface area contributed by atoms with Crippen molar-refractivity contribution in [1.29, 1.82) is 0 Å². The average molecular weight is 408 g/mol. The number of halogens is 3. The summed E-state index contributed by atoms with van der Waals surface area (Å²) in [4.78, 5) is 37.1. The van der Waals surface area contributed by atoms with Crippen LogP contribution >= 0.6 is 0 Å². The van der Waals surface area contributed by atoms with E-state index < -0.39 is 47.9 Å². The minimum atomic E-state index is -4.67. The summed E-state index contributed by atoms with van der Waals surface area (Å²) in [6.07, 6.45) is -5.62. The van der Waals surface area contributed by atoms with Crippen LogP contribution in [-0.4, -0.2) is 35.5 Å². The fourth-order valence-electron chi connectivity index (χ4n) is 2.88. The van der Waals surface area contributed by atoms with Gasteiger partial charge in [0.2, 0.25) is 5.91 Å². The van der Waals surface area contributed by atoms with Crippen molar-refractivity contribution in [3.8, 4) is 5.75 Å². The standard InChI is InChI=1S/C19H15F3N2O5/c1-10-17(26)24(14-8-11(18(27)28)6-7-15(14)29-10)9-16(25)23-13-5-3-2-4-12(13)19(20,21)22/h2-8,10H,9H2,1H3,(H,23,25)(H,27,28). The first kappa shape index (κ1) is 20.2. The highest BCUT2D eigenvalue weighted by atomic mass is 19.4. The fraction of sp³-hybridized carbons (Fsp3) is 0.211. The normalized spacial score (nSPS) is 16.1. The summed E-state index contributed by atoms with van der Waals surface area (Å²) in [7, 11) is 0. The highest BCUT2D eigenvalue weighted by molar-refractivity contribution is 6.07. The molecule has 0 saturated carbocycles. The topological polar surface area (TPSA) is 95.9 Å². The number of ether oxygens (including phenoxy) is 1. The number of alkyl halides is 3. The summed E-state index contributed by atoms with van der Waals surface area (Å²) < 4.78 is 44.7. The van der Waals surface area contributed by atoms with E-state index in [0.29, 0.717) is 0 Å². The van der Waals surface area contributed by atoms with E-state index >= 15 is 0 Å². The number of hydrogen-bond donors (Lipinski definition) is 2. The number of hydrogen-bond acceptors (Lipinski definition) is 4. The molecular weight excluding hydrogens is 393 g/mol. The molecule has 10 heteroatoms. The molecule has 3 rings (SSSR count). The minimum Gasteiger partial charge on any atom is -0.479 e. The lowest BCUT2D eigenvalue weighted by molar-refractivity contribution is -0.137. The van der Waals surface area contributed by atoms with E-state index in [1.165, 1.54) is 37.3 Å². The van der Waals surface area contributed by atoms with Gasteiger partial charge in [-0.15, -0.1) is 0 Å². The Hall–Kier alpha value is -3.56. The zero-order valence-electron chi connectivity index (χ0n) is 15.0. The quantitative estimate of drug-likeness (QED) is 0.810. The SMILES string of the molecule is CC1Oc2ccc(C(=O)O)cc2N(CC(=O)Nc2ccccc2C(F)(F)F)C1=O. The number of fused-ring (bicyclic) bond motifs is 1. The van der Waals surface area contributed by atoms with Gasteiger partial charge in [0.1, 0.15) is 12.3 Å². The molecule has 2 amide bonds. The largest absolute Gasteiger partial charge is 0.479 e. The number of amides is 2. The smallest absolute Gasteiger partial charge is 0.418 e. The average Bonchev–Trinajstić information content (AvgIpc) is 2.64. The maximum absolute atomic E-state index is 13.1. The van der Waals surface area contributed by atoms with Gasteiger partial charge in [-0.2, -0.15) is 13.2 Å². The molecular formula is C19H15F3N2O5. The lowest BCUT2D eigenvalue weighted by atomic mass is 10.1. The molecule has 29 heavy (non-hydrogen) atoms. The highest BCUT2D eigenvalue weighted by Gasteiger charge is 2.35. The number of anilines is 2. The van der Waals surface area contributed by atoms with Gasteiger partial charge in [0.05, 0.1) is 22.5 Å². The van der Waals surface area contributed by atoms with Crippen molar-refractivity contribution < 1.29 is 37.4 Å². The van der Waals surface area contributed by atoms with Crippen molar-refractivity contribution in [2.75, 3.05) is 16.8 Å². The Labute approximate surface area is 162 Å². The van der Waals surface area contributed by atoms with E-state index in [-0.39, 0.29) is 17.0 Å². The lowest BCUT2D eigenvalue weighted by Crippen LogP contribution is -2.47. The van der Waals surface area contributed by atoms with E-state index in [1.54, 1.807) is 0 Å². The Morgan fingerprint density at radius 1 is 1.21 bits per heavy atom. The van der Waals surface area contributed by atoms with Gasteiger partial charge < -0.3 is 15.2 Å². The van der Waals surface area contributed by atoms with E-state index in [9.17, 15) is 27.6 Å². The predicted molar refractivity (Wildman–Crippen MR) is 95.9 cm³/mol. The Morgan fingerprint density at radius 2 is 1.90 bits per heavy atom. The van der Waals surface area contributed by atoms with Gasteiger partial charge in [-0.3, -0.25) is 14.5 Å². The van der Waals surface area contributed by atoms with Gasteiger partial charge in [-0.1, -0.05) is 12.1 Å². The monoisotopic (exact) mass is 408 g/mol. The number of carboxylic acids is 1. The van der Waals surface area contributed by atoms with Crippen LogP contribution in [-0.2, 0) is 15.8 Å². The maximum Gasteiger partial charge on any atom is 0.418 e. The molecule has 0 spiro atoms. The van der Waals surface area contributed by atoms with E-state index in [2.05, 4.69) is 5.32 Å². The van der Waals surface area contributed by atoms with Crippen LogP contribution in [0.15, 0.2) is 42.5 Å². The third-order valence-electron chi connectivity index (χ3n) is 4.22. The van der Waals surface area contributed by atoms with Gasteiger partial charge in [0.15, 0.2) is 6.10 Å². The molecule has 2 aromatic rings. The Kier molecular flexibility index (Phi) is 5.19. The molecule has 2 aromatic carbocycles. The fourth-order valence-corrected chi connectivity index (χ4v) is 2.88. The molecule has 1 atom stereocenters. The predicted octanol–water partition coefficient (Wildman–Crippen LogP) is 3.16. The Balaban J connectivity index is 1.88. The second kappa shape index (κ2) is 7.46. The summed E-state index contributed by atoms with van der Waals surface area (Å²) in [6, 6.07) is 8.25. The second-order valence-corrected chi connectivity index (χ2v) is 6.26. The van der Waals surface area contributed by atoms with Crippen LogP contribution < -0.4 is 15.0 Å². The molecule has 1 aliphatic rings. The maximum atomic E-state index is 13.1. The van der Waals surface area contributed by atoms with Crippen LogP contribution in [0.2, 0.25) is 0 Å². The third kappa shape index (κ3) is 4.15. The van der Waals surface area contributed by atoms with E-state index in [1.807, 2.05) is 0 Å². The molecule has 0 radical (unpaired) electrons. The van der Waals surface area contributed by atoms with Gasteiger partial charge in [-0.05, 0) is 37.3 Å². The molecule has 0 fully saturated rings. The molecule has 152 valence electrons.